The average molecular weight is 383 g/mol. The van der Waals surface area contributed by atoms with Gasteiger partial charge in [0.15, 0.2) is 5.13 Å². The first kappa shape index (κ1) is 18.5. The molecule has 1 N–H and O–H groups in total. The third-order valence-electron chi connectivity index (χ3n) is 3.85. The first-order valence-electron chi connectivity index (χ1n) is 8.10. The van der Waals surface area contributed by atoms with Gasteiger partial charge in [-0.15, -0.1) is 0 Å². The summed E-state index contributed by atoms with van der Waals surface area (Å²) in [6, 6.07) is 11.8. The number of carbonyl (C=O) groups excluding carboxylic acids is 1. The van der Waals surface area contributed by atoms with E-state index in [0.717, 1.165) is 21.4 Å². The van der Waals surface area contributed by atoms with E-state index in [1.807, 2.05) is 25.1 Å². The Hall–Kier alpha value is -3.26. The molecule has 0 spiro atoms. The van der Waals surface area contributed by atoms with Crippen LogP contribution in [0.1, 0.15) is 22.8 Å². The zero-order chi connectivity index (χ0) is 19.4. The van der Waals surface area contributed by atoms with Gasteiger partial charge in [-0.05, 0) is 30.7 Å². The summed E-state index contributed by atoms with van der Waals surface area (Å²) in [6.07, 6.45) is 2.01. The number of fused-ring (bicyclic) bond motifs is 1. The zero-order valence-electron chi connectivity index (χ0n) is 14.8. The summed E-state index contributed by atoms with van der Waals surface area (Å²) >= 11 is 1.38. The summed E-state index contributed by atoms with van der Waals surface area (Å²) in [5.74, 6) is -0.361. The Balaban J connectivity index is 1.66. The number of carbonyl (C=O) groups is 1. The van der Waals surface area contributed by atoms with Gasteiger partial charge >= 0.3 is 5.97 Å². The highest BCUT2D eigenvalue weighted by Gasteiger charge is 2.10. The number of nitrogens with zero attached hydrogens (tertiary/aromatic N) is 2. The van der Waals surface area contributed by atoms with Gasteiger partial charge in [-0.2, -0.15) is 0 Å². The van der Waals surface area contributed by atoms with Gasteiger partial charge in [0.2, 0.25) is 0 Å². The maximum Gasteiger partial charge on any atom is 0.337 e. The maximum atomic E-state index is 11.4. The number of nitro benzene ring substituents is 1. The fraction of sp³-hybridized carbons (Fsp3) is 0.158. The third-order valence-corrected chi connectivity index (χ3v) is 4.82. The van der Waals surface area contributed by atoms with Gasteiger partial charge in [0.25, 0.3) is 5.69 Å². The molecule has 0 saturated carbocycles. The van der Waals surface area contributed by atoms with Crippen LogP contribution in [0.2, 0.25) is 0 Å². The Kier molecular flexibility index (Phi) is 5.46. The summed E-state index contributed by atoms with van der Waals surface area (Å²) < 4.78 is 5.45. The number of esters is 1. The van der Waals surface area contributed by atoms with Gasteiger partial charge in [0, 0.05) is 18.7 Å². The lowest BCUT2D eigenvalue weighted by molar-refractivity contribution is -0.384. The maximum absolute atomic E-state index is 11.4. The minimum atomic E-state index is -0.412. The highest BCUT2D eigenvalue weighted by Crippen LogP contribution is 2.29. The van der Waals surface area contributed by atoms with Crippen LogP contribution >= 0.6 is 11.3 Å². The van der Waals surface area contributed by atoms with Crippen LogP contribution in [0.5, 0.6) is 0 Å². The van der Waals surface area contributed by atoms with Crippen molar-refractivity contribution in [1.82, 2.24) is 4.98 Å². The van der Waals surface area contributed by atoms with E-state index in [-0.39, 0.29) is 11.7 Å². The van der Waals surface area contributed by atoms with Crippen LogP contribution in [0, 0.1) is 10.1 Å². The molecule has 0 aliphatic heterocycles. The number of non-ortho nitro benzene ring substituents is 1. The van der Waals surface area contributed by atoms with Crippen LogP contribution in [-0.4, -0.2) is 29.5 Å². The molecule has 0 amide bonds. The van der Waals surface area contributed by atoms with E-state index in [9.17, 15) is 14.9 Å². The van der Waals surface area contributed by atoms with Gasteiger partial charge in [0.05, 0.1) is 27.8 Å². The molecule has 1 aromatic heterocycles. The first-order valence-corrected chi connectivity index (χ1v) is 8.92. The van der Waals surface area contributed by atoms with E-state index < -0.39 is 4.92 Å². The zero-order valence-corrected chi connectivity index (χ0v) is 15.6. The minimum Gasteiger partial charge on any atom is -0.465 e. The SMILES string of the molecule is COC(=O)c1ccc(C=C(C)CNc2nc3ccc([N+](=O)[O-])cc3s2)cc1. The predicted octanol–water partition coefficient (Wildman–Crippen LogP) is 4.51. The molecule has 7 nitrogen and oxygen atoms in total. The van der Waals surface area contributed by atoms with Crippen molar-refractivity contribution in [2.75, 3.05) is 19.0 Å². The van der Waals surface area contributed by atoms with Gasteiger partial charge in [-0.3, -0.25) is 10.1 Å². The monoisotopic (exact) mass is 383 g/mol. The van der Waals surface area contributed by atoms with E-state index in [0.29, 0.717) is 17.2 Å². The fourth-order valence-electron chi connectivity index (χ4n) is 2.49. The Morgan fingerprint density at radius 3 is 2.70 bits per heavy atom. The summed E-state index contributed by atoms with van der Waals surface area (Å²) in [6.45, 7) is 2.57. The molecule has 0 saturated heterocycles. The Morgan fingerprint density at radius 2 is 2.04 bits per heavy atom. The van der Waals surface area contributed by atoms with Crippen LogP contribution in [0.15, 0.2) is 48.0 Å². The molecule has 1 heterocycles. The van der Waals surface area contributed by atoms with Gasteiger partial charge in [-0.25, -0.2) is 9.78 Å². The average Bonchev–Trinajstić information content (AvgIpc) is 3.08. The summed E-state index contributed by atoms with van der Waals surface area (Å²) in [7, 11) is 1.35. The third kappa shape index (κ3) is 4.48. The smallest absolute Gasteiger partial charge is 0.337 e. The molecule has 0 atom stereocenters. The Labute approximate surface area is 159 Å². The van der Waals surface area contributed by atoms with Crippen molar-refractivity contribution in [3.63, 3.8) is 0 Å². The molecule has 0 radical (unpaired) electrons. The summed E-state index contributed by atoms with van der Waals surface area (Å²) in [5, 5.41) is 14.8. The fourth-order valence-corrected chi connectivity index (χ4v) is 3.38. The van der Waals surface area contributed by atoms with Crippen molar-refractivity contribution >= 4 is 44.4 Å². The summed E-state index contributed by atoms with van der Waals surface area (Å²) in [5.41, 5.74) is 3.35. The molecule has 2 aromatic carbocycles. The van der Waals surface area contributed by atoms with Crippen molar-refractivity contribution in [3.8, 4) is 0 Å². The molecule has 0 bridgehead atoms. The molecule has 0 fully saturated rings. The molecule has 0 unspecified atom stereocenters. The molecule has 3 aromatic rings. The predicted molar refractivity (Wildman–Crippen MR) is 106 cm³/mol. The van der Waals surface area contributed by atoms with E-state index in [2.05, 4.69) is 15.0 Å². The van der Waals surface area contributed by atoms with Gasteiger partial charge < -0.3 is 10.1 Å². The number of benzene rings is 2. The van der Waals surface area contributed by atoms with Crippen LogP contribution < -0.4 is 5.32 Å². The molecule has 27 heavy (non-hydrogen) atoms. The van der Waals surface area contributed by atoms with Crippen LogP contribution in [0.3, 0.4) is 0 Å². The lowest BCUT2D eigenvalue weighted by atomic mass is 10.1. The quantitative estimate of drug-likeness (QED) is 0.382. The number of anilines is 1. The number of nitrogens with one attached hydrogen (secondary N) is 1. The minimum absolute atomic E-state index is 0.0594. The number of nitro groups is 1. The van der Waals surface area contributed by atoms with Crippen molar-refractivity contribution < 1.29 is 14.5 Å². The summed E-state index contributed by atoms with van der Waals surface area (Å²) in [4.78, 5) is 26.3. The number of ether oxygens (including phenoxy) is 1. The van der Waals surface area contributed by atoms with E-state index in [1.165, 1.54) is 30.6 Å². The Bertz CT molecular complexity index is 1030. The second-order valence-corrected chi connectivity index (χ2v) is 6.92. The molecular weight excluding hydrogens is 366 g/mol. The molecule has 8 heteroatoms. The second-order valence-electron chi connectivity index (χ2n) is 5.89. The lowest BCUT2D eigenvalue weighted by Crippen LogP contribution is -2.02. The van der Waals surface area contributed by atoms with Crippen molar-refractivity contribution in [3.05, 3.63) is 69.3 Å². The molecule has 138 valence electrons. The van der Waals surface area contributed by atoms with Crippen LogP contribution in [0.4, 0.5) is 10.8 Å². The highest BCUT2D eigenvalue weighted by molar-refractivity contribution is 7.22. The highest BCUT2D eigenvalue weighted by atomic mass is 32.1. The van der Waals surface area contributed by atoms with Crippen molar-refractivity contribution in [2.24, 2.45) is 0 Å². The van der Waals surface area contributed by atoms with Crippen LogP contribution in [0.25, 0.3) is 16.3 Å². The van der Waals surface area contributed by atoms with Crippen molar-refractivity contribution in [1.29, 1.82) is 0 Å². The van der Waals surface area contributed by atoms with Gasteiger partial charge in [0.1, 0.15) is 0 Å². The standard InChI is InChI=1S/C19H17N3O4S/c1-12(9-13-3-5-14(6-4-13)18(23)26-2)11-20-19-21-16-8-7-15(22(24)25)10-17(16)27-19/h3-10H,11H2,1-2H3,(H,20,21). The van der Waals surface area contributed by atoms with Crippen molar-refractivity contribution in [2.45, 2.75) is 6.92 Å². The second kappa shape index (κ2) is 7.96. The normalized spacial score (nSPS) is 11.4. The number of rotatable bonds is 6. The topological polar surface area (TPSA) is 94.4 Å². The lowest BCUT2D eigenvalue weighted by Gasteiger charge is -2.04. The molecule has 0 aliphatic carbocycles. The first-order chi connectivity index (χ1) is 13.0. The van der Waals surface area contributed by atoms with Crippen LogP contribution in [-0.2, 0) is 4.74 Å². The van der Waals surface area contributed by atoms with E-state index >= 15 is 0 Å². The number of aromatic nitrogens is 1. The molecule has 0 aliphatic rings. The number of hydrogen-bond acceptors (Lipinski definition) is 7. The molecular formula is C19H17N3O4S. The number of hydrogen-bond donors (Lipinski definition) is 1. The molecule has 3 rings (SSSR count). The number of thiazole rings is 1. The van der Waals surface area contributed by atoms with E-state index in [4.69, 9.17) is 0 Å². The largest absolute Gasteiger partial charge is 0.465 e. The van der Waals surface area contributed by atoms with E-state index in [1.54, 1.807) is 18.2 Å². The Morgan fingerprint density at radius 1 is 1.30 bits per heavy atom. The van der Waals surface area contributed by atoms with Gasteiger partial charge in [-0.1, -0.05) is 35.1 Å². The number of methoxy groups -OCH3 is 1.